The summed E-state index contributed by atoms with van der Waals surface area (Å²) in [4.78, 5) is 11.7. The summed E-state index contributed by atoms with van der Waals surface area (Å²) < 4.78 is 5.09. The molecular weight excluding hydrogens is 411 g/mol. The van der Waals surface area contributed by atoms with Crippen LogP contribution < -0.4 is 5.32 Å². The van der Waals surface area contributed by atoms with E-state index in [1.54, 1.807) is 31.3 Å². The monoisotopic (exact) mass is 441 g/mol. The maximum absolute atomic E-state index is 11.7. The summed E-state index contributed by atoms with van der Waals surface area (Å²) in [6.07, 6.45) is 1.38. The average Bonchev–Trinajstić information content (AvgIpc) is 2.35. The van der Waals surface area contributed by atoms with Gasteiger partial charge in [-0.1, -0.05) is 19.1 Å². The van der Waals surface area contributed by atoms with Crippen LogP contribution in [0.4, 0.5) is 0 Å². The van der Waals surface area contributed by atoms with E-state index in [2.05, 4.69) is 5.32 Å². The van der Waals surface area contributed by atoms with E-state index < -0.39 is 0 Å². The molecule has 1 unspecified atom stereocenters. The van der Waals surface area contributed by atoms with E-state index in [0.717, 1.165) is 12.0 Å². The third-order valence-electron chi connectivity index (χ3n) is 2.46. The van der Waals surface area contributed by atoms with E-state index in [9.17, 15) is 4.79 Å². The van der Waals surface area contributed by atoms with Crippen molar-refractivity contribution in [1.29, 1.82) is 0 Å². The molecule has 0 radical (unpaired) electrons. The fraction of sp³-hybridized carbons (Fsp3) is 0.462. The zero-order valence-electron chi connectivity index (χ0n) is 13.3. The second kappa shape index (κ2) is 22.6. The Morgan fingerprint density at radius 1 is 1.09 bits per heavy atom. The molecule has 23 heavy (non-hydrogen) atoms. The number of carbonyl (C=O) groups excluding carboxylic acids is 1. The summed E-state index contributed by atoms with van der Waals surface area (Å²) in [5.41, 5.74) is 0.982. The van der Waals surface area contributed by atoms with Gasteiger partial charge in [0.15, 0.2) is 0 Å². The minimum Gasteiger partial charge on any atom is -0.508 e. The molecule has 0 aliphatic heterocycles. The first kappa shape index (κ1) is 38.9. The number of likely N-dealkylation sites (N-methyl/N-ethyl adjacent to an activating group) is 1. The van der Waals surface area contributed by atoms with Gasteiger partial charge in [-0.05, 0) is 37.6 Å². The Kier molecular flexibility index (Phi) is 38.1. The van der Waals surface area contributed by atoms with Crippen molar-refractivity contribution in [3.05, 3.63) is 29.8 Å². The first-order valence-corrected chi connectivity index (χ1v) is 5.79. The summed E-state index contributed by atoms with van der Waals surface area (Å²) >= 11 is 0. The number of hydrogen-bond donors (Lipinski definition) is 2. The SMILES string of the molecule is CCCOC(=O)C(Cc1ccc(O)cc1)NC.S.S.S.S.S.S. The van der Waals surface area contributed by atoms with Crippen LogP contribution in [0.2, 0.25) is 0 Å². The summed E-state index contributed by atoms with van der Waals surface area (Å²) in [7, 11) is 1.73. The standard InChI is InChI=1S/C13H19NO3.6H2S/c1-3-8-17-13(16)12(14-2)9-10-4-6-11(15)7-5-10;;;;;;/h4-7,12,14-15H,3,8-9H2,1-2H3;6*1H2. The molecule has 4 nitrogen and oxygen atoms in total. The third kappa shape index (κ3) is 15.8. The second-order valence-electron chi connectivity index (χ2n) is 3.88. The predicted molar refractivity (Wildman–Crippen MR) is 128 cm³/mol. The Morgan fingerprint density at radius 3 is 1.96 bits per heavy atom. The molecule has 0 bridgehead atoms. The molecule has 1 rings (SSSR count). The molecule has 0 aromatic heterocycles. The number of hydrogen-bond acceptors (Lipinski definition) is 4. The van der Waals surface area contributed by atoms with Gasteiger partial charge in [0.25, 0.3) is 0 Å². The van der Waals surface area contributed by atoms with Gasteiger partial charge >= 0.3 is 5.97 Å². The van der Waals surface area contributed by atoms with Gasteiger partial charge < -0.3 is 15.2 Å². The Bertz CT molecular complexity index is 367. The van der Waals surface area contributed by atoms with Crippen molar-refractivity contribution in [3.8, 4) is 5.75 Å². The van der Waals surface area contributed by atoms with Gasteiger partial charge in [-0.3, -0.25) is 4.79 Å². The highest BCUT2D eigenvalue weighted by molar-refractivity contribution is 7.60. The first-order valence-electron chi connectivity index (χ1n) is 5.79. The normalized spacial score (nSPS) is 8.96. The summed E-state index contributed by atoms with van der Waals surface area (Å²) in [5, 5.41) is 12.1. The molecular formula is C13H31NO3S6. The van der Waals surface area contributed by atoms with Crippen LogP contribution in [0, 0.1) is 0 Å². The van der Waals surface area contributed by atoms with Crippen molar-refractivity contribution >= 4 is 86.9 Å². The van der Waals surface area contributed by atoms with E-state index in [4.69, 9.17) is 9.84 Å². The number of rotatable bonds is 6. The number of phenolic OH excluding ortho intramolecular Hbond substituents is 1. The van der Waals surface area contributed by atoms with Crippen molar-refractivity contribution in [3.63, 3.8) is 0 Å². The van der Waals surface area contributed by atoms with Gasteiger partial charge in [-0.15, -0.1) is 0 Å². The minimum atomic E-state index is -0.342. The highest BCUT2D eigenvalue weighted by Crippen LogP contribution is 2.11. The Morgan fingerprint density at radius 2 is 1.57 bits per heavy atom. The summed E-state index contributed by atoms with van der Waals surface area (Å²) in [5.74, 6) is -0.00857. The van der Waals surface area contributed by atoms with Gasteiger partial charge in [0.05, 0.1) is 6.61 Å². The highest BCUT2D eigenvalue weighted by Gasteiger charge is 2.17. The molecule has 0 amide bonds. The summed E-state index contributed by atoms with van der Waals surface area (Å²) in [6.45, 7) is 2.41. The molecule has 10 heteroatoms. The maximum atomic E-state index is 11.7. The Labute approximate surface area is 181 Å². The van der Waals surface area contributed by atoms with Crippen molar-refractivity contribution in [1.82, 2.24) is 5.32 Å². The quantitative estimate of drug-likeness (QED) is 0.664. The first-order chi connectivity index (χ1) is 8.17. The van der Waals surface area contributed by atoms with Crippen molar-refractivity contribution < 1.29 is 14.6 Å². The van der Waals surface area contributed by atoms with Crippen LogP contribution in [0.1, 0.15) is 18.9 Å². The van der Waals surface area contributed by atoms with Crippen LogP contribution in [0.15, 0.2) is 24.3 Å². The molecule has 0 heterocycles. The molecule has 0 aliphatic rings. The lowest BCUT2D eigenvalue weighted by atomic mass is 10.1. The van der Waals surface area contributed by atoms with E-state index in [0.29, 0.717) is 13.0 Å². The van der Waals surface area contributed by atoms with E-state index in [1.165, 1.54) is 0 Å². The van der Waals surface area contributed by atoms with Crippen LogP contribution in [-0.4, -0.2) is 30.8 Å². The van der Waals surface area contributed by atoms with E-state index >= 15 is 0 Å². The van der Waals surface area contributed by atoms with Gasteiger partial charge in [0.2, 0.25) is 0 Å². The van der Waals surface area contributed by atoms with Crippen molar-refractivity contribution in [2.75, 3.05) is 13.7 Å². The molecule has 0 fully saturated rings. The number of esters is 1. The number of phenols is 1. The average molecular weight is 442 g/mol. The van der Waals surface area contributed by atoms with Crippen LogP contribution in [0.25, 0.3) is 0 Å². The molecule has 0 saturated heterocycles. The van der Waals surface area contributed by atoms with Crippen LogP contribution in [0.3, 0.4) is 0 Å². The second-order valence-corrected chi connectivity index (χ2v) is 3.88. The number of carbonyl (C=O) groups is 1. The molecule has 0 spiro atoms. The largest absolute Gasteiger partial charge is 0.508 e. The fourth-order valence-corrected chi connectivity index (χ4v) is 1.47. The Balaban J connectivity index is -0.000000120. The lowest BCUT2D eigenvalue weighted by Crippen LogP contribution is -2.37. The van der Waals surface area contributed by atoms with Gasteiger partial charge in [-0.2, -0.15) is 81.0 Å². The van der Waals surface area contributed by atoms with E-state index in [-0.39, 0.29) is 98.7 Å². The number of ether oxygens (including phenoxy) is 1. The minimum absolute atomic E-state index is 0. The summed E-state index contributed by atoms with van der Waals surface area (Å²) in [6, 6.07) is 6.48. The molecule has 1 aromatic carbocycles. The smallest absolute Gasteiger partial charge is 0.323 e. The van der Waals surface area contributed by atoms with Crippen LogP contribution >= 0.6 is 81.0 Å². The van der Waals surface area contributed by atoms with Crippen LogP contribution in [0.5, 0.6) is 5.75 Å². The molecule has 2 N–H and O–H groups in total. The predicted octanol–water partition coefficient (Wildman–Crippen LogP) is 2.15. The van der Waals surface area contributed by atoms with Crippen molar-refractivity contribution in [2.45, 2.75) is 25.8 Å². The highest BCUT2D eigenvalue weighted by atomic mass is 32.1. The zero-order chi connectivity index (χ0) is 12.7. The maximum Gasteiger partial charge on any atom is 0.323 e. The van der Waals surface area contributed by atoms with Gasteiger partial charge in [0.1, 0.15) is 11.8 Å². The Hall–Kier alpha value is 0.550. The topological polar surface area (TPSA) is 58.6 Å². The van der Waals surface area contributed by atoms with Crippen molar-refractivity contribution in [2.24, 2.45) is 0 Å². The fourth-order valence-electron chi connectivity index (χ4n) is 1.47. The van der Waals surface area contributed by atoms with Crippen LogP contribution in [-0.2, 0) is 16.0 Å². The number of benzene rings is 1. The molecule has 1 aromatic rings. The molecule has 1 atom stereocenters. The molecule has 142 valence electrons. The number of aromatic hydroxyl groups is 1. The zero-order valence-corrected chi connectivity index (χ0v) is 19.3. The molecule has 0 aliphatic carbocycles. The van der Waals surface area contributed by atoms with Gasteiger partial charge in [-0.25, -0.2) is 0 Å². The van der Waals surface area contributed by atoms with E-state index in [1.807, 2.05) is 6.92 Å². The lowest BCUT2D eigenvalue weighted by molar-refractivity contribution is -0.146. The van der Waals surface area contributed by atoms with Gasteiger partial charge in [0, 0.05) is 0 Å². The number of nitrogens with one attached hydrogen (secondary N) is 1. The third-order valence-corrected chi connectivity index (χ3v) is 2.46. The lowest BCUT2D eigenvalue weighted by Gasteiger charge is -2.15. The molecule has 0 saturated carbocycles.